The molecule has 3 nitrogen and oxygen atoms in total. The van der Waals surface area contributed by atoms with Gasteiger partial charge in [0.1, 0.15) is 0 Å². The number of hydrogen-bond acceptors (Lipinski definition) is 3. The highest BCUT2D eigenvalue weighted by atomic mass is 16.5. The maximum Gasteiger partial charge on any atom is 0.163 e. The Morgan fingerprint density at radius 1 is 1.05 bits per heavy atom. The molecule has 1 aliphatic heterocycles. The van der Waals surface area contributed by atoms with Crippen LogP contribution in [0.15, 0.2) is 18.2 Å². The Hall–Kier alpha value is -1.38. The second kappa shape index (κ2) is 5.72. The topological polar surface area (TPSA) is 30.5 Å². The van der Waals surface area contributed by atoms with Crippen molar-refractivity contribution in [3.8, 4) is 11.5 Å². The van der Waals surface area contributed by atoms with E-state index in [2.05, 4.69) is 24.4 Å². The lowest BCUT2D eigenvalue weighted by Crippen LogP contribution is -2.26. The van der Waals surface area contributed by atoms with Gasteiger partial charge in [-0.15, -0.1) is 0 Å². The van der Waals surface area contributed by atoms with Gasteiger partial charge in [-0.1, -0.05) is 19.8 Å². The van der Waals surface area contributed by atoms with Gasteiger partial charge in [-0.25, -0.2) is 0 Å². The lowest BCUT2D eigenvalue weighted by molar-refractivity contribution is 0.297. The molecule has 1 aromatic carbocycles. The fourth-order valence-corrected chi connectivity index (χ4v) is 3.05. The Kier molecular flexibility index (Phi) is 3.81. The van der Waals surface area contributed by atoms with Gasteiger partial charge in [0.05, 0.1) is 13.2 Å². The van der Waals surface area contributed by atoms with Gasteiger partial charge in [0, 0.05) is 24.2 Å². The molecule has 3 rings (SSSR count). The average Bonchev–Trinajstić information content (AvgIpc) is 2.63. The van der Waals surface area contributed by atoms with Crippen molar-refractivity contribution in [2.24, 2.45) is 5.92 Å². The van der Waals surface area contributed by atoms with Crippen molar-refractivity contribution in [2.75, 3.05) is 18.5 Å². The van der Waals surface area contributed by atoms with E-state index in [0.717, 1.165) is 42.7 Å². The highest BCUT2D eigenvalue weighted by Crippen LogP contribution is 2.33. The lowest BCUT2D eigenvalue weighted by atomic mass is 9.87. The van der Waals surface area contributed by atoms with E-state index in [1.807, 2.05) is 6.07 Å². The average molecular weight is 261 g/mol. The minimum absolute atomic E-state index is 0.605. The quantitative estimate of drug-likeness (QED) is 0.877. The molecule has 0 radical (unpaired) electrons. The molecule has 104 valence electrons. The smallest absolute Gasteiger partial charge is 0.163 e. The van der Waals surface area contributed by atoms with E-state index >= 15 is 0 Å². The standard InChI is InChI=1S/C16H23NO2/c1-12-4-2-5-13(10-12)17-14-6-7-15-16(11-14)19-9-3-8-18-15/h6-7,11-13,17H,2-5,8-10H2,1H3. The molecule has 3 heteroatoms. The zero-order valence-corrected chi connectivity index (χ0v) is 11.7. The summed E-state index contributed by atoms with van der Waals surface area (Å²) in [5, 5.41) is 3.65. The van der Waals surface area contributed by atoms with E-state index in [4.69, 9.17) is 9.47 Å². The van der Waals surface area contributed by atoms with Gasteiger partial charge in [-0.3, -0.25) is 0 Å². The summed E-state index contributed by atoms with van der Waals surface area (Å²) < 4.78 is 11.4. The molecule has 1 saturated carbocycles. The van der Waals surface area contributed by atoms with Crippen LogP contribution >= 0.6 is 0 Å². The maximum absolute atomic E-state index is 5.73. The van der Waals surface area contributed by atoms with E-state index in [9.17, 15) is 0 Å². The Morgan fingerprint density at radius 3 is 2.74 bits per heavy atom. The third-order valence-corrected chi connectivity index (χ3v) is 4.05. The van der Waals surface area contributed by atoms with Crippen LogP contribution in [0.1, 0.15) is 39.0 Å². The Labute approximate surface area is 115 Å². The number of nitrogens with one attached hydrogen (secondary N) is 1. The largest absolute Gasteiger partial charge is 0.490 e. The number of benzene rings is 1. The van der Waals surface area contributed by atoms with Crippen LogP contribution in [0, 0.1) is 5.92 Å². The van der Waals surface area contributed by atoms with E-state index in [-0.39, 0.29) is 0 Å². The molecular weight excluding hydrogens is 238 g/mol. The van der Waals surface area contributed by atoms with Gasteiger partial charge in [0.2, 0.25) is 0 Å². The molecule has 2 aliphatic rings. The van der Waals surface area contributed by atoms with Gasteiger partial charge >= 0.3 is 0 Å². The molecule has 0 aromatic heterocycles. The van der Waals surface area contributed by atoms with Crippen molar-refractivity contribution in [2.45, 2.75) is 45.1 Å². The number of anilines is 1. The maximum atomic E-state index is 5.73. The molecule has 1 heterocycles. The highest BCUT2D eigenvalue weighted by molar-refractivity contribution is 5.55. The molecule has 1 N–H and O–H groups in total. The molecule has 0 saturated heterocycles. The van der Waals surface area contributed by atoms with Gasteiger partial charge in [0.15, 0.2) is 11.5 Å². The van der Waals surface area contributed by atoms with Crippen LogP contribution in [0.5, 0.6) is 11.5 Å². The van der Waals surface area contributed by atoms with E-state index in [1.165, 1.54) is 25.7 Å². The first-order chi connectivity index (χ1) is 9.31. The minimum Gasteiger partial charge on any atom is -0.490 e. The molecule has 2 atom stereocenters. The van der Waals surface area contributed by atoms with Gasteiger partial charge in [-0.05, 0) is 30.9 Å². The van der Waals surface area contributed by atoms with Crippen LogP contribution in [0.3, 0.4) is 0 Å². The summed E-state index contributed by atoms with van der Waals surface area (Å²) in [4.78, 5) is 0. The fourth-order valence-electron chi connectivity index (χ4n) is 3.05. The van der Waals surface area contributed by atoms with E-state index in [0.29, 0.717) is 6.04 Å². The molecule has 1 aromatic rings. The van der Waals surface area contributed by atoms with Crippen LogP contribution in [0.2, 0.25) is 0 Å². The van der Waals surface area contributed by atoms with Crippen LogP contribution in [0.25, 0.3) is 0 Å². The zero-order valence-electron chi connectivity index (χ0n) is 11.7. The van der Waals surface area contributed by atoms with Crippen LogP contribution in [-0.2, 0) is 0 Å². The summed E-state index contributed by atoms with van der Waals surface area (Å²) in [6.45, 7) is 3.85. The monoisotopic (exact) mass is 261 g/mol. The van der Waals surface area contributed by atoms with Gasteiger partial charge < -0.3 is 14.8 Å². The first kappa shape index (κ1) is 12.6. The van der Waals surface area contributed by atoms with E-state index < -0.39 is 0 Å². The van der Waals surface area contributed by atoms with Crippen molar-refractivity contribution in [3.63, 3.8) is 0 Å². The van der Waals surface area contributed by atoms with Crippen molar-refractivity contribution in [3.05, 3.63) is 18.2 Å². The van der Waals surface area contributed by atoms with Crippen LogP contribution in [-0.4, -0.2) is 19.3 Å². The predicted octanol–water partition coefficient (Wildman–Crippen LogP) is 3.84. The highest BCUT2D eigenvalue weighted by Gasteiger charge is 2.19. The third kappa shape index (κ3) is 3.14. The predicted molar refractivity (Wildman–Crippen MR) is 77.1 cm³/mol. The van der Waals surface area contributed by atoms with Crippen molar-refractivity contribution < 1.29 is 9.47 Å². The number of rotatable bonds is 2. The van der Waals surface area contributed by atoms with E-state index in [1.54, 1.807) is 0 Å². The van der Waals surface area contributed by atoms with Crippen molar-refractivity contribution in [1.29, 1.82) is 0 Å². The second-order valence-electron chi connectivity index (χ2n) is 5.83. The Balaban J connectivity index is 1.69. The molecule has 1 aliphatic carbocycles. The van der Waals surface area contributed by atoms with Crippen LogP contribution in [0.4, 0.5) is 5.69 Å². The lowest BCUT2D eigenvalue weighted by Gasteiger charge is -2.28. The summed E-state index contributed by atoms with van der Waals surface area (Å²) in [7, 11) is 0. The van der Waals surface area contributed by atoms with Crippen LogP contribution < -0.4 is 14.8 Å². The first-order valence-electron chi connectivity index (χ1n) is 7.47. The summed E-state index contributed by atoms with van der Waals surface area (Å²) in [6, 6.07) is 6.82. The first-order valence-corrected chi connectivity index (χ1v) is 7.47. The second-order valence-corrected chi connectivity index (χ2v) is 5.83. The molecule has 2 unspecified atom stereocenters. The summed E-state index contributed by atoms with van der Waals surface area (Å²) >= 11 is 0. The zero-order chi connectivity index (χ0) is 13.1. The molecule has 19 heavy (non-hydrogen) atoms. The number of hydrogen-bond donors (Lipinski definition) is 1. The molecule has 0 bridgehead atoms. The molecular formula is C16H23NO2. The summed E-state index contributed by atoms with van der Waals surface area (Å²) in [5.74, 6) is 2.60. The molecule has 0 spiro atoms. The normalized spacial score (nSPS) is 26.6. The van der Waals surface area contributed by atoms with Gasteiger partial charge in [-0.2, -0.15) is 0 Å². The van der Waals surface area contributed by atoms with Gasteiger partial charge in [0.25, 0.3) is 0 Å². The number of fused-ring (bicyclic) bond motifs is 1. The Morgan fingerprint density at radius 2 is 1.89 bits per heavy atom. The fraction of sp³-hybridized carbons (Fsp3) is 0.625. The summed E-state index contributed by atoms with van der Waals surface area (Å²) in [5.41, 5.74) is 1.16. The number of ether oxygens (including phenoxy) is 2. The SMILES string of the molecule is CC1CCCC(Nc2ccc3c(c2)OCCCO3)C1. The Bertz CT molecular complexity index is 433. The van der Waals surface area contributed by atoms with Crippen molar-refractivity contribution >= 4 is 5.69 Å². The third-order valence-electron chi connectivity index (χ3n) is 4.05. The molecule has 1 fully saturated rings. The molecule has 0 amide bonds. The van der Waals surface area contributed by atoms with Crippen molar-refractivity contribution in [1.82, 2.24) is 0 Å². The summed E-state index contributed by atoms with van der Waals surface area (Å²) in [6.07, 6.45) is 6.22. The minimum atomic E-state index is 0.605.